The van der Waals surface area contributed by atoms with Gasteiger partial charge in [0.1, 0.15) is 5.82 Å². The van der Waals surface area contributed by atoms with Gasteiger partial charge in [-0.2, -0.15) is 0 Å². The van der Waals surface area contributed by atoms with E-state index in [-0.39, 0.29) is 19.0 Å². The van der Waals surface area contributed by atoms with Crippen molar-refractivity contribution in [1.82, 2.24) is 5.32 Å². The molecule has 0 saturated carbocycles. The van der Waals surface area contributed by atoms with Crippen LogP contribution in [0, 0.1) is 11.7 Å². The second-order valence-corrected chi connectivity index (χ2v) is 5.10. The Bertz CT molecular complexity index is 369. The van der Waals surface area contributed by atoms with Gasteiger partial charge in [0.15, 0.2) is 0 Å². The molecule has 0 aliphatic rings. The lowest BCUT2D eigenvalue weighted by atomic mass is 10.0. The second kappa shape index (κ2) is 9.86. The largest absolute Gasteiger partial charge is 0.389 e. The van der Waals surface area contributed by atoms with Crippen molar-refractivity contribution in [3.05, 3.63) is 35.6 Å². The Morgan fingerprint density at radius 3 is 2.55 bits per heavy atom. The van der Waals surface area contributed by atoms with Crippen molar-refractivity contribution in [2.75, 3.05) is 19.7 Å². The van der Waals surface area contributed by atoms with E-state index in [0.29, 0.717) is 18.0 Å². The van der Waals surface area contributed by atoms with Gasteiger partial charge in [-0.1, -0.05) is 44.9 Å². The van der Waals surface area contributed by atoms with Crippen molar-refractivity contribution in [2.45, 2.75) is 39.4 Å². The SMILES string of the molecule is CCC(CC)CNCC(O)COCc1ccccc1F. The number of rotatable bonds is 10. The van der Waals surface area contributed by atoms with Gasteiger partial charge >= 0.3 is 0 Å². The molecular weight excluding hydrogens is 257 g/mol. The molecule has 0 amide bonds. The fourth-order valence-electron chi connectivity index (χ4n) is 2.01. The molecular formula is C16H26FNO2. The summed E-state index contributed by atoms with van der Waals surface area (Å²) >= 11 is 0. The van der Waals surface area contributed by atoms with Crippen LogP contribution in [0.4, 0.5) is 4.39 Å². The number of aliphatic hydroxyl groups excluding tert-OH is 1. The summed E-state index contributed by atoms with van der Waals surface area (Å²) in [4.78, 5) is 0. The van der Waals surface area contributed by atoms with Gasteiger partial charge in [0.2, 0.25) is 0 Å². The summed E-state index contributed by atoms with van der Waals surface area (Å²) in [6.45, 7) is 6.17. The molecule has 0 fully saturated rings. The molecule has 0 bridgehead atoms. The van der Waals surface area contributed by atoms with Crippen molar-refractivity contribution in [1.29, 1.82) is 0 Å². The van der Waals surface area contributed by atoms with Crippen LogP contribution in [0.5, 0.6) is 0 Å². The summed E-state index contributed by atoms with van der Waals surface area (Å²) in [5, 5.41) is 13.0. The number of halogens is 1. The molecule has 0 spiro atoms. The van der Waals surface area contributed by atoms with E-state index in [1.165, 1.54) is 6.07 Å². The highest BCUT2D eigenvalue weighted by atomic mass is 19.1. The fraction of sp³-hybridized carbons (Fsp3) is 0.625. The summed E-state index contributed by atoms with van der Waals surface area (Å²) in [6, 6.07) is 6.52. The van der Waals surface area contributed by atoms with Crippen LogP contribution in [0.1, 0.15) is 32.3 Å². The first-order valence-corrected chi connectivity index (χ1v) is 7.37. The van der Waals surface area contributed by atoms with Crippen molar-refractivity contribution in [3.63, 3.8) is 0 Å². The number of hydrogen-bond acceptors (Lipinski definition) is 3. The van der Waals surface area contributed by atoms with Crippen LogP contribution in [-0.4, -0.2) is 30.9 Å². The van der Waals surface area contributed by atoms with Gasteiger partial charge in [0.25, 0.3) is 0 Å². The van der Waals surface area contributed by atoms with Crippen LogP contribution < -0.4 is 5.32 Å². The Morgan fingerprint density at radius 2 is 1.90 bits per heavy atom. The Kier molecular flexibility index (Phi) is 8.42. The van der Waals surface area contributed by atoms with Gasteiger partial charge in [0.05, 0.1) is 19.3 Å². The van der Waals surface area contributed by atoms with Crippen LogP contribution in [0.15, 0.2) is 24.3 Å². The maximum Gasteiger partial charge on any atom is 0.128 e. The van der Waals surface area contributed by atoms with E-state index in [1.807, 2.05) is 0 Å². The molecule has 4 heteroatoms. The molecule has 1 unspecified atom stereocenters. The molecule has 1 aromatic rings. The summed E-state index contributed by atoms with van der Waals surface area (Å²) in [5.74, 6) is 0.385. The van der Waals surface area contributed by atoms with Crippen LogP contribution in [-0.2, 0) is 11.3 Å². The molecule has 1 atom stereocenters. The lowest BCUT2D eigenvalue weighted by molar-refractivity contribution is 0.0275. The van der Waals surface area contributed by atoms with E-state index in [4.69, 9.17) is 4.74 Å². The molecule has 2 N–H and O–H groups in total. The zero-order valence-corrected chi connectivity index (χ0v) is 12.4. The Hall–Kier alpha value is -0.970. The highest BCUT2D eigenvalue weighted by Gasteiger charge is 2.08. The summed E-state index contributed by atoms with van der Waals surface area (Å²) in [5.41, 5.74) is 0.518. The number of hydrogen-bond donors (Lipinski definition) is 2. The normalized spacial score (nSPS) is 12.8. The van der Waals surface area contributed by atoms with Gasteiger partial charge < -0.3 is 15.2 Å². The van der Waals surface area contributed by atoms with E-state index in [0.717, 1.165) is 19.4 Å². The van der Waals surface area contributed by atoms with Gasteiger partial charge in [0, 0.05) is 12.1 Å². The zero-order chi connectivity index (χ0) is 14.8. The van der Waals surface area contributed by atoms with Crippen LogP contribution in [0.25, 0.3) is 0 Å². The molecule has 1 rings (SSSR count). The molecule has 0 radical (unpaired) electrons. The van der Waals surface area contributed by atoms with E-state index in [1.54, 1.807) is 18.2 Å². The van der Waals surface area contributed by atoms with Crippen LogP contribution in [0.2, 0.25) is 0 Å². The highest BCUT2D eigenvalue weighted by Crippen LogP contribution is 2.08. The minimum absolute atomic E-state index is 0.191. The summed E-state index contributed by atoms with van der Waals surface area (Å²) < 4.78 is 18.7. The summed E-state index contributed by atoms with van der Waals surface area (Å²) in [6.07, 6.45) is 1.73. The van der Waals surface area contributed by atoms with E-state index < -0.39 is 6.10 Å². The van der Waals surface area contributed by atoms with Crippen molar-refractivity contribution < 1.29 is 14.2 Å². The van der Waals surface area contributed by atoms with Crippen molar-refractivity contribution in [3.8, 4) is 0 Å². The third-order valence-corrected chi connectivity index (χ3v) is 3.49. The Balaban J connectivity index is 2.14. The zero-order valence-electron chi connectivity index (χ0n) is 12.4. The number of aliphatic hydroxyl groups is 1. The number of ether oxygens (including phenoxy) is 1. The van der Waals surface area contributed by atoms with Gasteiger partial charge in [-0.15, -0.1) is 0 Å². The topological polar surface area (TPSA) is 41.5 Å². The average Bonchev–Trinajstić information content (AvgIpc) is 2.46. The van der Waals surface area contributed by atoms with E-state index >= 15 is 0 Å². The van der Waals surface area contributed by atoms with Crippen LogP contribution in [0.3, 0.4) is 0 Å². The highest BCUT2D eigenvalue weighted by molar-refractivity contribution is 5.16. The molecule has 114 valence electrons. The lowest BCUT2D eigenvalue weighted by Gasteiger charge is -2.16. The minimum atomic E-state index is -0.559. The fourth-order valence-corrected chi connectivity index (χ4v) is 2.01. The molecule has 0 saturated heterocycles. The van der Waals surface area contributed by atoms with Crippen LogP contribution >= 0.6 is 0 Å². The predicted octanol–water partition coefficient (Wildman–Crippen LogP) is 2.73. The first kappa shape index (κ1) is 17.1. The molecule has 3 nitrogen and oxygen atoms in total. The average molecular weight is 283 g/mol. The minimum Gasteiger partial charge on any atom is -0.389 e. The third kappa shape index (κ3) is 6.46. The molecule has 0 aliphatic carbocycles. The molecule has 0 aliphatic heterocycles. The van der Waals surface area contributed by atoms with Gasteiger partial charge in [-0.05, 0) is 18.5 Å². The van der Waals surface area contributed by atoms with Crippen molar-refractivity contribution in [2.24, 2.45) is 5.92 Å². The standard InChI is InChI=1S/C16H26FNO2/c1-3-13(4-2)9-18-10-15(19)12-20-11-14-7-5-6-8-16(14)17/h5-8,13,15,18-19H,3-4,9-12H2,1-2H3. The Labute approximate surface area is 121 Å². The predicted molar refractivity (Wildman–Crippen MR) is 79.0 cm³/mol. The Morgan fingerprint density at radius 1 is 1.20 bits per heavy atom. The second-order valence-electron chi connectivity index (χ2n) is 5.10. The van der Waals surface area contributed by atoms with E-state index in [9.17, 15) is 9.50 Å². The smallest absolute Gasteiger partial charge is 0.128 e. The van der Waals surface area contributed by atoms with Crippen molar-refractivity contribution >= 4 is 0 Å². The quantitative estimate of drug-likeness (QED) is 0.694. The van der Waals surface area contributed by atoms with Gasteiger partial charge in [-0.3, -0.25) is 0 Å². The number of benzene rings is 1. The third-order valence-electron chi connectivity index (χ3n) is 3.49. The monoisotopic (exact) mass is 283 g/mol. The first-order valence-electron chi connectivity index (χ1n) is 7.37. The number of nitrogens with one attached hydrogen (secondary N) is 1. The van der Waals surface area contributed by atoms with Gasteiger partial charge in [-0.25, -0.2) is 4.39 Å². The molecule has 0 aromatic heterocycles. The molecule has 1 aromatic carbocycles. The maximum absolute atomic E-state index is 13.3. The first-order chi connectivity index (χ1) is 9.67. The lowest BCUT2D eigenvalue weighted by Crippen LogP contribution is -2.33. The maximum atomic E-state index is 13.3. The molecule has 20 heavy (non-hydrogen) atoms. The summed E-state index contributed by atoms with van der Waals surface area (Å²) in [7, 11) is 0. The molecule has 0 heterocycles. The van der Waals surface area contributed by atoms with E-state index in [2.05, 4.69) is 19.2 Å².